The van der Waals surface area contributed by atoms with Crippen LogP contribution in [0.3, 0.4) is 0 Å². The normalized spacial score (nSPS) is 10.8. The zero-order valence-electron chi connectivity index (χ0n) is 8.70. The standard InChI is InChI=1S/C14H9Si2/c15-16-14-7-3-6-12-8-10-4-1-2-5-11(10)9-13(12)14/h1-9H. The van der Waals surface area contributed by atoms with E-state index in [9.17, 15) is 0 Å². The largest absolute Gasteiger partial charge is 0.0616 e. The van der Waals surface area contributed by atoms with Crippen molar-refractivity contribution in [3.63, 3.8) is 0 Å². The first kappa shape index (κ1) is 9.81. The maximum Gasteiger partial charge on any atom is 0.0350 e. The molecule has 0 atom stereocenters. The van der Waals surface area contributed by atoms with Crippen molar-refractivity contribution in [3.05, 3.63) is 54.6 Å². The Bertz CT molecular complexity index is 686. The van der Waals surface area contributed by atoms with E-state index >= 15 is 0 Å². The second kappa shape index (κ2) is 3.88. The first-order valence-electron chi connectivity index (χ1n) is 5.23. The minimum absolute atomic E-state index is 0.661. The minimum atomic E-state index is 0.661. The van der Waals surface area contributed by atoms with E-state index < -0.39 is 0 Å². The van der Waals surface area contributed by atoms with Gasteiger partial charge in [0.2, 0.25) is 0 Å². The van der Waals surface area contributed by atoms with Gasteiger partial charge in [0.05, 0.1) is 0 Å². The molecule has 0 aromatic heterocycles. The molecular weight excluding hydrogens is 224 g/mol. The van der Waals surface area contributed by atoms with Gasteiger partial charge in [-0.05, 0) is 38.9 Å². The molecule has 3 aromatic rings. The van der Waals surface area contributed by atoms with Gasteiger partial charge in [-0.3, -0.25) is 0 Å². The van der Waals surface area contributed by atoms with Gasteiger partial charge >= 0.3 is 0 Å². The van der Waals surface area contributed by atoms with Gasteiger partial charge < -0.3 is 0 Å². The molecular formula is C14H9Si2. The van der Waals surface area contributed by atoms with Crippen LogP contribution in [-0.2, 0) is 0 Å². The van der Waals surface area contributed by atoms with Crippen LogP contribution in [-0.4, -0.2) is 17.9 Å². The molecule has 3 aromatic carbocycles. The minimum Gasteiger partial charge on any atom is -0.0616 e. The molecule has 0 unspecified atom stereocenters. The van der Waals surface area contributed by atoms with Crippen LogP contribution in [0, 0.1) is 0 Å². The number of benzene rings is 3. The topological polar surface area (TPSA) is 0 Å². The predicted octanol–water partition coefficient (Wildman–Crippen LogP) is 2.41. The van der Waals surface area contributed by atoms with Gasteiger partial charge in [0.15, 0.2) is 0 Å². The summed E-state index contributed by atoms with van der Waals surface area (Å²) in [5, 5.41) is 6.67. The first-order valence-corrected chi connectivity index (χ1v) is 7.73. The molecule has 16 heavy (non-hydrogen) atoms. The summed E-state index contributed by atoms with van der Waals surface area (Å²) in [5.74, 6) is 0. The Balaban J connectivity index is 2.51. The quantitative estimate of drug-likeness (QED) is 0.447. The van der Waals surface area contributed by atoms with Gasteiger partial charge in [0, 0.05) is 17.9 Å². The molecule has 0 fully saturated rings. The highest BCUT2D eigenvalue weighted by molar-refractivity contribution is 6.74. The second-order valence-electron chi connectivity index (χ2n) is 3.85. The third-order valence-corrected chi connectivity index (χ3v) is 4.39. The average molecular weight is 233 g/mol. The maximum absolute atomic E-state index is 3.62. The fourth-order valence-electron chi connectivity index (χ4n) is 2.08. The summed E-state index contributed by atoms with van der Waals surface area (Å²) >= 11 is 0. The monoisotopic (exact) mass is 233 g/mol. The highest BCUT2D eigenvalue weighted by Crippen LogP contribution is 2.21. The van der Waals surface area contributed by atoms with Crippen molar-refractivity contribution in [2.24, 2.45) is 0 Å². The van der Waals surface area contributed by atoms with Gasteiger partial charge in [-0.25, -0.2) is 0 Å². The van der Waals surface area contributed by atoms with E-state index in [0.717, 1.165) is 0 Å². The van der Waals surface area contributed by atoms with Crippen LogP contribution < -0.4 is 5.19 Å². The van der Waals surface area contributed by atoms with E-state index in [1.54, 1.807) is 0 Å². The average Bonchev–Trinajstić information content (AvgIpc) is 2.35. The van der Waals surface area contributed by atoms with Gasteiger partial charge in [0.1, 0.15) is 0 Å². The van der Waals surface area contributed by atoms with E-state index in [2.05, 4.69) is 63.9 Å². The molecule has 3 radical (unpaired) electrons. The van der Waals surface area contributed by atoms with Crippen LogP contribution in [0.5, 0.6) is 0 Å². The molecule has 0 N–H and O–H groups in total. The molecule has 0 aliphatic rings. The van der Waals surface area contributed by atoms with Crippen LogP contribution in [0.15, 0.2) is 54.6 Å². The molecule has 0 aliphatic carbocycles. The van der Waals surface area contributed by atoms with Crippen LogP contribution in [0.4, 0.5) is 0 Å². The summed E-state index contributed by atoms with van der Waals surface area (Å²) in [5.41, 5.74) is 0. The molecule has 0 nitrogen and oxygen atoms in total. The Kier molecular flexibility index (Phi) is 2.38. The molecule has 73 valence electrons. The van der Waals surface area contributed by atoms with Crippen LogP contribution in [0.2, 0.25) is 0 Å². The van der Waals surface area contributed by atoms with Crippen molar-refractivity contribution in [1.29, 1.82) is 0 Å². The molecule has 2 heteroatoms. The lowest BCUT2D eigenvalue weighted by Gasteiger charge is -2.04. The van der Waals surface area contributed by atoms with Crippen molar-refractivity contribution in [3.8, 4) is 0 Å². The Hall–Kier alpha value is -1.39. The fourth-order valence-corrected chi connectivity index (χ4v) is 3.26. The van der Waals surface area contributed by atoms with Crippen molar-refractivity contribution < 1.29 is 0 Å². The number of hydrogen-bond acceptors (Lipinski definition) is 0. The highest BCUT2D eigenvalue weighted by Gasteiger charge is 2.00. The summed E-state index contributed by atoms with van der Waals surface area (Å²) < 4.78 is 0. The SMILES string of the molecule is [Si]=[Si]c1cccc2cc3ccccc3cc12. The van der Waals surface area contributed by atoms with Crippen molar-refractivity contribution >= 4 is 44.7 Å². The molecule has 3 rings (SSSR count). The zero-order chi connectivity index (χ0) is 11.0. The lowest BCUT2D eigenvalue weighted by molar-refractivity contribution is 1.79. The van der Waals surface area contributed by atoms with E-state index in [1.807, 2.05) is 0 Å². The Morgan fingerprint density at radius 3 is 2.19 bits per heavy atom. The molecule has 0 saturated carbocycles. The third kappa shape index (κ3) is 1.51. The summed E-state index contributed by atoms with van der Waals surface area (Å²) in [6, 6.07) is 19.5. The lowest BCUT2D eigenvalue weighted by Crippen LogP contribution is -2.07. The summed E-state index contributed by atoms with van der Waals surface area (Å²) in [4.78, 5) is 0. The van der Waals surface area contributed by atoms with Crippen molar-refractivity contribution in [2.75, 3.05) is 0 Å². The maximum atomic E-state index is 3.62. The first-order chi connectivity index (χ1) is 7.88. The van der Waals surface area contributed by atoms with Crippen LogP contribution in [0.1, 0.15) is 0 Å². The molecule has 0 saturated heterocycles. The van der Waals surface area contributed by atoms with Crippen LogP contribution >= 0.6 is 0 Å². The summed E-state index contributed by atoms with van der Waals surface area (Å²) in [6.45, 7) is 0. The van der Waals surface area contributed by atoms with Crippen molar-refractivity contribution in [2.45, 2.75) is 0 Å². The van der Waals surface area contributed by atoms with Gasteiger partial charge in [-0.2, -0.15) is 0 Å². The number of rotatable bonds is 1. The zero-order valence-corrected chi connectivity index (χ0v) is 10.7. The molecule has 0 spiro atoms. The van der Waals surface area contributed by atoms with Crippen molar-refractivity contribution in [1.82, 2.24) is 0 Å². The fraction of sp³-hybridized carbons (Fsp3) is 0. The van der Waals surface area contributed by atoms with E-state index in [-0.39, 0.29) is 0 Å². The molecule has 0 bridgehead atoms. The summed E-state index contributed by atoms with van der Waals surface area (Å²) in [7, 11) is 4.28. The number of hydrogen-bond donors (Lipinski definition) is 0. The molecule has 0 amide bonds. The third-order valence-electron chi connectivity index (χ3n) is 2.88. The summed E-state index contributed by atoms with van der Waals surface area (Å²) in [6.07, 6.45) is 0. The predicted molar refractivity (Wildman–Crippen MR) is 72.6 cm³/mol. The molecule has 0 heterocycles. The van der Waals surface area contributed by atoms with E-state index in [0.29, 0.717) is 8.61 Å². The Morgan fingerprint density at radius 2 is 1.44 bits per heavy atom. The van der Waals surface area contributed by atoms with E-state index in [4.69, 9.17) is 0 Å². The van der Waals surface area contributed by atoms with Gasteiger partial charge in [-0.15, -0.1) is 0 Å². The van der Waals surface area contributed by atoms with E-state index in [1.165, 1.54) is 26.7 Å². The highest BCUT2D eigenvalue weighted by atomic mass is 28.8. The Labute approximate surface area is 99.5 Å². The molecule has 0 aliphatic heterocycles. The number of fused-ring (bicyclic) bond motifs is 2. The van der Waals surface area contributed by atoms with Gasteiger partial charge in [-0.1, -0.05) is 42.5 Å². The van der Waals surface area contributed by atoms with Crippen LogP contribution in [0.25, 0.3) is 21.5 Å². The van der Waals surface area contributed by atoms with Gasteiger partial charge in [0.25, 0.3) is 0 Å². The second-order valence-corrected chi connectivity index (χ2v) is 5.39. The smallest absolute Gasteiger partial charge is 0.0350 e. The Morgan fingerprint density at radius 1 is 0.750 bits per heavy atom. The lowest BCUT2D eigenvalue weighted by atomic mass is 10.0.